The summed E-state index contributed by atoms with van der Waals surface area (Å²) in [7, 11) is 0. The number of benzene rings is 1. The molecule has 26 heavy (non-hydrogen) atoms. The van der Waals surface area contributed by atoms with Gasteiger partial charge in [-0.2, -0.15) is 0 Å². The Bertz CT molecular complexity index is 1250. The molecule has 0 saturated carbocycles. The molecule has 0 spiro atoms. The molecule has 3 aromatic rings. The SMILES string of the molecule is Cc1cccc(-n2c(O)c(C=Nc3c[nH]c(=O)[nH]c3=O)c(=O)[nH]c2=O)c1. The van der Waals surface area contributed by atoms with E-state index in [0.717, 1.165) is 22.5 Å². The molecule has 0 amide bonds. The second kappa shape index (κ2) is 6.51. The minimum Gasteiger partial charge on any atom is -0.493 e. The van der Waals surface area contributed by atoms with Crippen molar-refractivity contribution in [1.29, 1.82) is 0 Å². The third-order valence-electron chi connectivity index (χ3n) is 3.51. The fourth-order valence-corrected chi connectivity index (χ4v) is 2.29. The number of rotatable bonds is 3. The van der Waals surface area contributed by atoms with Gasteiger partial charge in [0, 0.05) is 12.4 Å². The standard InChI is InChI=1S/C16H13N5O5/c1-8-3-2-4-9(5-8)21-14(24)10(12(22)20-16(21)26)6-17-11-7-18-15(25)19-13(11)23/h2-7,24H,1H3,(H,20,22,26)(H2,18,19,23,25). The normalized spacial score (nSPS) is 11.1. The van der Waals surface area contributed by atoms with Crippen molar-refractivity contribution in [2.75, 3.05) is 0 Å². The lowest BCUT2D eigenvalue weighted by Crippen LogP contribution is -2.31. The highest BCUT2D eigenvalue weighted by Gasteiger charge is 2.14. The molecule has 0 aliphatic heterocycles. The summed E-state index contributed by atoms with van der Waals surface area (Å²) < 4.78 is 0.910. The van der Waals surface area contributed by atoms with Crippen LogP contribution in [0.5, 0.6) is 5.88 Å². The van der Waals surface area contributed by atoms with Crippen LogP contribution in [0, 0.1) is 6.92 Å². The van der Waals surface area contributed by atoms with E-state index in [9.17, 15) is 24.3 Å². The molecule has 2 heterocycles. The van der Waals surface area contributed by atoms with Crippen LogP contribution in [-0.4, -0.2) is 30.8 Å². The maximum atomic E-state index is 12.1. The number of hydrogen-bond acceptors (Lipinski definition) is 6. The number of nitrogens with zero attached hydrogens (tertiary/aromatic N) is 2. The van der Waals surface area contributed by atoms with Crippen molar-refractivity contribution in [2.24, 2.45) is 4.99 Å². The first-order valence-corrected chi connectivity index (χ1v) is 7.38. The molecule has 10 heteroatoms. The maximum absolute atomic E-state index is 12.1. The zero-order valence-electron chi connectivity index (χ0n) is 13.4. The van der Waals surface area contributed by atoms with Gasteiger partial charge in [-0.15, -0.1) is 0 Å². The van der Waals surface area contributed by atoms with E-state index in [4.69, 9.17) is 0 Å². The molecule has 3 rings (SSSR count). The second-order valence-corrected chi connectivity index (χ2v) is 5.39. The first kappa shape index (κ1) is 16.9. The summed E-state index contributed by atoms with van der Waals surface area (Å²) in [5.74, 6) is -0.631. The van der Waals surface area contributed by atoms with Crippen LogP contribution < -0.4 is 22.5 Å². The number of aromatic amines is 3. The molecule has 4 N–H and O–H groups in total. The zero-order chi connectivity index (χ0) is 18.8. The van der Waals surface area contributed by atoms with Crippen molar-refractivity contribution >= 4 is 11.9 Å². The van der Waals surface area contributed by atoms with Crippen LogP contribution in [0.25, 0.3) is 5.69 Å². The fraction of sp³-hybridized carbons (Fsp3) is 0.0625. The molecule has 0 saturated heterocycles. The lowest BCUT2D eigenvalue weighted by Gasteiger charge is -2.10. The molecule has 0 atom stereocenters. The van der Waals surface area contributed by atoms with Crippen molar-refractivity contribution in [1.82, 2.24) is 19.5 Å². The van der Waals surface area contributed by atoms with Crippen molar-refractivity contribution < 1.29 is 5.11 Å². The zero-order valence-corrected chi connectivity index (χ0v) is 13.4. The number of aromatic hydroxyl groups is 1. The average molecular weight is 355 g/mol. The molecular formula is C16H13N5O5. The summed E-state index contributed by atoms with van der Waals surface area (Å²) in [4.78, 5) is 56.8. The Labute approximate surface area is 144 Å². The van der Waals surface area contributed by atoms with Gasteiger partial charge < -0.3 is 10.1 Å². The smallest absolute Gasteiger partial charge is 0.335 e. The van der Waals surface area contributed by atoms with E-state index in [1.54, 1.807) is 18.2 Å². The Kier molecular flexibility index (Phi) is 4.23. The number of aromatic nitrogens is 4. The molecule has 1 aromatic carbocycles. The second-order valence-electron chi connectivity index (χ2n) is 5.39. The number of H-pyrrole nitrogens is 3. The molecular weight excluding hydrogens is 342 g/mol. The lowest BCUT2D eigenvalue weighted by molar-refractivity contribution is 0.430. The average Bonchev–Trinajstić information content (AvgIpc) is 2.56. The monoisotopic (exact) mass is 355 g/mol. The Morgan fingerprint density at radius 2 is 1.88 bits per heavy atom. The van der Waals surface area contributed by atoms with Gasteiger partial charge in [-0.1, -0.05) is 12.1 Å². The summed E-state index contributed by atoms with van der Waals surface area (Å²) in [6.45, 7) is 1.81. The van der Waals surface area contributed by atoms with Gasteiger partial charge in [-0.05, 0) is 24.6 Å². The maximum Gasteiger partial charge on any atom is 0.335 e. The van der Waals surface area contributed by atoms with Crippen LogP contribution in [-0.2, 0) is 0 Å². The van der Waals surface area contributed by atoms with E-state index in [2.05, 4.69) is 15.0 Å². The molecule has 0 aliphatic rings. The Morgan fingerprint density at radius 3 is 2.58 bits per heavy atom. The largest absolute Gasteiger partial charge is 0.493 e. The first-order valence-electron chi connectivity index (χ1n) is 7.38. The van der Waals surface area contributed by atoms with Crippen molar-refractivity contribution in [2.45, 2.75) is 6.92 Å². The van der Waals surface area contributed by atoms with E-state index < -0.39 is 28.4 Å². The number of hydrogen-bond donors (Lipinski definition) is 4. The van der Waals surface area contributed by atoms with Crippen LogP contribution in [0.2, 0.25) is 0 Å². The van der Waals surface area contributed by atoms with Crippen molar-refractivity contribution in [3.63, 3.8) is 0 Å². The summed E-state index contributed by atoms with van der Waals surface area (Å²) in [5, 5.41) is 10.4. The molecule has 0 aliphatic carbocycles. The first-order chi connectivity index (χ1) is 12.4. The van der Waals surface area contributed by atoms with Gasteiger partial charge in [0.25, 0.3) is 11.1 Å². The predicted octanol–water partition coefficient (Wildman–Crippen LogP) is -0.333. The minimum absolute atomic E-state index is 0.184. The van der Waals surface area contributed by atoms with E-state index >= 15 is 0 Å². The van der Waals surface area contributed by atoms with Crippen LogP contribution >= 0.6 is 0 Å². The molecule has 0 unspecified atom stereocenters. The minimum atomic E-state index is -0.874. The Balaban J connectivity index is 2.17. The van der Waals surface area contributed by atoms with Crippen molar-refractivity contribution in [3.8, 4) is 11.6 Å². The topological polar surface area (TPSA) is 153 Å². The van der Waals surface area contributed by atoms with E-state index in [1.807, 2.05) is 18.0 Å². The fourth-order valence-electron chi connectivity index (χ4n) is 2.29. The summed E-state index contributed by atoms with van der Waals surface area (Å²) >= 11 is 0. The van der Waals surface area contributed by atoms with E-state index in [1.165, 1.54) is 0 Å². The van der Waals surface area contributed by atoms with Crippen LogP contribution in [0.1, 0.15) is 11.1 Å². The van der Waals surface area contributed by atoms with Crippen LogP contribution in [0.4, 0.5) is 5.69 Å². The van der Waals surface area contributed by atoms with E-state index in [0.29, 0.717) is 5.69 Å². The third kappa shape index (κ3) is 3.15. The van der Waals surface area contributed by atoms with Gasteiger partial charge in [0.2, 0.25) is 5.88 Å². The molecule has 132 valence electrons. The summed E-state index contributed by atoms with van der Waals surface area (Å²) in [6.07, 6.45) is 1.99. The quantitative estimate of drug-likeness (QED) is 0.474. The third-order valence-corrected chi connectivity index (χ3v) is 3.51. The Morgan fingerprint density at radius 1 is 1.12 bits per heavy atom. The highest BCUT2D eigenvalue weighted by atomic mass is 16.3. The van der Waals surface area contributed by atoms with Gasteiger partial charge in [0.1, 0.15) is 11.3 Å². The number of nitrogens with one attached hydrogen (secondary N) is 3. The number of aliphatic imine (C=N–C) groups is 1. The lowest BCUT2D eigenvalue weighted by atomic mass is 10.2. The van der Waals surface area contributed by atoms with Gasteiger partial charge in [0.15, 0.2) is 0 Å². The molecule has 10 nitrogen and oxygen atoms in total. The van der Waals surface area contributed by atoms with Crippen LogP contribution in [0.15, 0.2) is 54.6 Å². The van der Waals surface area contributed by atoms with Gasteiger partial charge in [-0.25, -0.2) is 19.1 Å². The molecule has 0 bridgehead atoms. The van der Waals surface area contributed by atoms with Crippen molar-refractivity contribution in [3.05, 3.63) is 83.3 Å². The Hall–Kier alpha value is -3.95. The number of aryl methyl sites for hydroxylation is 1. The molecule has 0 fully saturated rings. The summed E-state index contributed by atoms with van der Waals surface area (Å²) in [5.41, 5.74) is -2.49. The van der Waals surface area contributed by atoms with Gasteiger partial charge >= 0.3 is 11.4 Å². The molecule has 0 radical (unpaired) electrons. The highest BCUT2D eigenvalue weighted by Crippen LogP contribution is 2.16. The van der Waals surface area contributed by atoms with Gasteiger partial charge in [0.05, 0.1) is 5.69 Å². The summed E-state index contributed by atoms with van der Waals surface area (Å²) in [6, 6.07) is 6.73. The van der Waals surface area contributed by atoms with E-state index in [-0.39, 0.29) is 11.3 Å². The molecule has 2 aromatic heterocycles. The van der Waals surface area contributed by atoms with Gasteiger partial charge in [-0.3, -0.25) is 19.6 Å². The van der Waals surface area contributed by atoms with Crippen LogP contribution in [0.3, 0.4) is 0 Å². The highest BCUT2D eigenvalue weighted by molar-refractivity contribution is 5.84. The predicted molar refractivity (Wildman–Crippen MR) is 94.0 cm³/mol.